The molecular weight excluding hydrogens is 400 g/mol. The number of amides is 3. The van der Waals surface area contributed by atoms with Crippen LogP contribution in [0.4, 0.5) is 5.82 Å². The lowest BCUT2D eigenvalue weighted by Crippen LogP contribution is -2.49. The number of ether oxygens (including phenoxy) is 1. The number of rotatable bonds is 10. The molecule has 3 atom stereocenters. The third-order valence-corrected chi connectivity index (χ3v) is 4.89. The Bertz CT molecular complexity index is 914. The minimum Gasteiger partial charge on any atom is -0.382 e. The van der Waals surface area contributed by atoms with Crippen LogP contribution in [0.1, 0.15) is 12.0 Å². The van der Waals surface area contributed by atoms with E-state index in [0.29, 0.717) is 31.7 Å². The second kappa shape index (κ2) is 10.1. The number of epoxide rings is 1. The average molecular weight is 428 g/mol. The predicted molar refractivity (Wildman–Crippen MR) is 114 cm³/mol. The standard InChI is InChI=1S/C21H28N6O4/c1-26(2)21(30)15(11-14-7-4-3-5-8-14)25-20(29)18-17(31-18)19(28)23-9-6-10-27-12-16(22)24-13-27/h3-5,7-8,12-13,15,17-18H,6,9-11,22H2,1-2H3,(H,23,28)(H,25,29)/t15-,17-,18-/m0/s1. The van der Waals surface area contributed by atoms with Gasteiger partial charge in [0.15, 0.2) is 12.2 Å². The zero-order valence-corrected chi connectivity index (χ0v) is 17.7. The maximum Gasteiger partial charge on any atom is 0.253 e. The van der Waals surface area contributed by atoms with Crippen LogP contribution in [-0.4, -0.2) is 71.1 Å². The quantitative estimate of drug-likeness (QED) is 0.347. The molecule has 10 nitrogen and oxygen atoms in total. The second-order valence-electron chi connectivity index (χ2n) is 7.64. The highest BCUT2D eigenvalue weighted by Crippen LogP contribution is 2.22. The third-order valence-electron chi connectivity index (χ3n) is 4.89. The first kappa shape index (κ1) is 22.3. The molecule has 0 unspecified atom stereocenters. The fraction of sp³-hybridized carbons (Fsp3) is 0.429. The van der Waals surface area contributed by atoms with Crippen LogP contribution in [0.5, 0.6) is 0 Å². The minimum atomic E-state index is -0.887. The van der Waals surface area contributed by atoms with Crippen LogP contribution in [0.2, 0.25) is 0 Å². The zero-order chi connectivity index (χ0) is 22.4. The zero-order valence-electron chi connectivity index (χ0n) is 17.7. The van der Waals surface area contributed by atoms with Crippen LogP contribution in [0.25, 0.3) is 0 Å². The van der Waals surface area contributed by atoms with E-state index in [0.717, 1.165) is 5.56 Å². The SMILES string of the molecule is CN(C)C(=O)[C@H](Cc1ccccc1)NC(=O)[C@H]1O[C@@H]1C(=O)NCCCn1cnc(N)c1. The van der Waals surface area contributed by atoms with E-state index in [1.807, 2.05) is 34.9 Å². The molecule has 1 aromatic carbocycles. The summed E-state index contributed by atoms with van der Waals surface area (Å²) in [5.41, 5.74) is 6.48. The number of carbonyl (C=O) groups excluding carboxylic acids is 3. The Morgan fingerprint density at radius 3 is 2.55 bits per heavy atom. The van der Waals surface area contributed by atoms with Gasteiger partial charge in [-0.1, -0.05) is 30.3 Å². The highest BCUT2D eigenvalue weighted by atomic mass is 16.6. The summed E-state index contributed by atoms with van der Waals surface area (Å²) in [5, 5.41) is 5.48. The van der Waals surface area contributed by atoms with Crippen molar-refractivity contribution in [3.63, 3.8) is 0 Å². The maximum absolute atomic E-state index is 12.6. The Labute approximate surface area is 180 Å². The maximum atomic E-state index is 12.6. The molecule has 4 N–H and O–H groups in total. The van der Waals surface area contributed by atoms with Crippen molar-refractivity contribution in [3.8, 4) is 0 Å². The summed E-state index contributed by atoms with van der Waals surface area (Å²) >= 11 is 0. The molecule has 1 saturated heterocycles. The van der Waals surface area contributed by atoms with Crippen LogP contribution in [0.3, 0.4) is 0 Å². The molecule has 0 radical (unpaired) electrons. The van der Waals surface area contributed by atoms with Crippen molar-refractivity contribution < 1.29 is 19.1 Å². The summed E-state index contributed by atoms with van der Waals surface area (Å²) in [6, 6.07) is 8.69. The van der Waals surface area contributed by atoms with Crippen molar-refractivity contribution in [3.05, 3.63) is 48.4 Å². The van der Waals surface area contributed by atoms with Gasteiger partial charge in [0.2, 0.25) is 5.91 Å². The Morgan fingerprint density at radius 2 is 1.90 bits per heavy atom. The van der Waals surface area contributed by atoms with Crippen LogP contribution in [0.15, 0.2) is 42.9 Å². The van der Waals surface area contributed by atoms with Crippen molar-refractivity contribution in [1.82, 2.24) is 25.1 Å². The molecule has 3 rings (SSSR count). The van der Waals surface area contributed by atoms with E-state index in [4.69, 9.17) is 10.5 Å². The first-order chi connectivity index (χ1) is 14.8. The molecule has 0 spiro atoms. The van der Waals surface area contributed by atoms with Crippen molar-refractivity contribution in [2.24, 2.45) is 0 Å². The number of anilines is 1. The number of nitrogen functional groups attached to an aromatic ring is 1. The molecule has 0 aliphatic carbocycles. The van der Waals surface area contributed by atoms with E-state index >= 15 is 0 Å². The lowest BCUT2D eigenvalue weighted by molar-refractivity contribution is -0.134. The Kier molecular flexibility index (Phi) is 7.24. The Balaban J connectivity index is 1.45. The highest BCUT2D eigenvalue weighted by Gasteiger charge is 2.50. The van der Waals surface area contributed by atoms with Crippen LogP contribution in [-0.2, 0) is 32.1 Å². The lowest BCUT2D eigenvalue weighted by atomic mass is 10.0. The van der Waals surface area contributed by atoms with Gasteiger partial charge in [-0.25, -0.2) is 4.98 Å². The number of imidazole rings is 1. The first-order valence-corrected chi connectivity index (χ1v) is 10.1. The van der Waals surface area contributed by atoms with Gasteiger partial charge >= 0.3 is 0 Å². The van der Waals surface area contributed by atoms with Gasteiger partial charge in [0.05, 0.1) is 6.33 Å². The van der Waals surface area contributed by atoms with Gasteiger partial charge in [-0.15, -0.1) is 0 Å². The van der Waals surface area contributed by atoms with E-state index in [1.165, 1.54) is 4.90 Å². The number of likely N-dealkylation sites (N-methyl/N-ethyl adjacent to an activating group) is 1. The van der Waals surface area contributed by atoms with Crippen LogP contribution in [0, 0.1) is 0 Å². The van der Waals surface area contributed by atoms with E-state index in [2.05, 4.69) is 15.6 Å². The normalized spacial score (nSPS) is 18.1. The molecule has 1 fully saturated rings. The first-order valence-electron chi connectivity index (χ1n) is 10.1. The molecule has 2 heterocycles. The molecule has 1 aromatic heterocycles. The highest BCUT2D eigenvalue weighted by molar-refractivity contribution is 5.97. The van der Waals surface area contributed by atoms with Gasteiger partial charge in [-0.2, -0.15) is 0 Å². The molecule has 31 heavy (non-hydrogen) atoms. The number of nitrogens with two attached hydrogens (primary N) is 1. The molecule has 10 heteroatoms. The molecule has 0 saturated carbocycles. The lowest BCUT2D eigenvalue weighted by Gasteiger charge is -2.21. The summed E-state index contributed by atoms with van der Waals surface area (Å²) in [7, 11) is 3.27. The third kappa shape index (κ3) is 6.29. The van der Waals surface area contributed by atoms with Crippen LogP contribution >= 0.6 is 0 Å². The smallest absolute Gasteiger partial charge is 0.253 e. The number of hydrogen-bond acceptors (Lipinski definition) is 6. The molecule has 1 aliphatic heterocycles. The van der Waals surface area contributed by atoms with Crippen molar-refractivity contribution >= 4 is 23.5 Å². The molecule has 0 bridgehead atoms. The van der Waals surface area contributed by atoms with Gasteiger partial charge in [-0.05, 0) is 12.0 Å². The van der Waals surface area contributed by atoms with E-state index in [-0.39, 0.29) is 11.8 Å². The fourth-order valence-electron chi connectivity index (χ4n) is 3.20. The van der Waals surface area contributed by atoms with Crippen LogP contribution < -0.4 is 16.4 Å². The predicted octanol–water partition coefficient (Wildman–Crippen LogP) is -0.445. The van der Waals surface area contributed by atoms with Crippen molar-refractivity contribution in [1.29, 1.82) is 0 Å². The van der Waals surface area contributed by atoms with E-state index < -0.39 is 24.2 Å². The van der Waals surface area contributed by atoms with Gasteiger partial charge < -0.3 is 30.6 Å². The largest absolute Gasteiger partial charge is 0.382 e. The molecule has 2 aromatic rings. The fourth-order valence-corrected chi connectivity index (χ4v) is 3.20. The average Bonchev–Trinajstić information content (AvgIpc) is 3.46. The number of aryl methyl sites for hydroxylation is 1. The minimum absolute atomic E-state index is 0.223. The van der Waals surface area contributed by atoms with Gasteiger partial charge in [-0.3, -0.25) is 14.4 Å². The van der Waals surface area contributed by atoms with Crippen molar-refractivity contribution in [2.75, 3.05) is 26.4 Å². The number of nitrogens with zero attached hydrogens (tertiary/aromatic N) is 3. The van der Waals surface area contributed by atoms with E-state index in [1.54, 1.807) is 26.6 Å². The Morgan fingerprint density at radius 1 is 1.19 bits per heavy atom. The summed E-state index contributed by atoms with van der Waals surface area (Å²) in [5.74, 6) is -0.587. The van der Waals surface area contributed by atoms with Crippen molar-refractivity contribution in [2.45, 2.75) is 37.6 Å². The topological polar surface area (TPSA) is 135 Å². The number of nitrogens with one attached hydrogen (secondary N) is 2. The molecular formula is C21H28N6O4. The van der Waals surface area contributed by atoms with Gasteiger partial charge in [0.25, 0.3) is 11.8 Å². The monoisotopic (exact) mass is 428 g/mol. The summed E-state index contributed by atoms with van der Waals surface area (Å²) in [6.45, 7) is 1.09. The number of hydrogen-bond donors (Lipinski definition) is 3. The van der Waals surface area contributed by atoms with Gasteiger partial charge in [0.1, 0.15) is 11.9 Å². The Hall–Kier alpha value is -3.40. The summed E-state index contributed by atoms with van der Waals surface area (Å²) in [4.78, 5) is 42.7. The molecule has 1 aliphatic rings. The number of aromatic nitrogens is 2. The molecule has 166 valence electrons. The molecule has 3 amide bonds. The van der Waals surface area contributed by atoms with Gasteiger partial charge in [0, 0.05) is 39.8 Å². The second-order valence-corrected chi connectivity index (χ2v) is 7.64. The number of carbonyl (C=O) groups is 3. The summed E-state index contributed by atoms with van der Waals surface area (Å²) in [6.07, 6.45) is 2.65. The van der Waals surface area contributed by atoms with E-state index in [9.17, 15) is 14.4 Å². The number of benzene rings is 1. The summed E-state index contributed by atoms with van der Waals surface area (Å²) < 4.78 is 7.10.